The fraction of sp³-hybridized carbons (Fsp3) is 0.750. The van der Waals surface area contributed by atoms with Crippen LogP contribution in [0.1, 0.15) is 12.8 Å². The summed E-state index contributed by atoms with van der Waals surface area (Å²) >= 11 is 1.04. The molecule has 2 unspecified atom stereocenters. The normalized spacial score (nSPS) is 25.9. The Balaban J connectivity index is 1.65. The molecule has 2 aliphatic heterocycles. The minimum Gasteiger partial charge on any atom is -0.481 e. The molecule has 0 spiro atoms. The summed E-state index contributed by atoms with van der Waals surface area (Å²) in [7, 11) is 0. The number of ether oxygens (including phenoxy) is 1. The van der Waals surface area contributed by atoms with Crippen LogP contribution in [0.4, 0.5) is 0 Å². The van der Waals surface area contributed by atoms with Gasteiger partial charge in [0, 0.05) is 12.6 Å². The van der Waals surface area contributed by atoms with E-state index < -0.39 is 5.97 Å². The molecular weight excluding hydrogens is 296 g/mol. The smallest absolute Gasteiger partial charge is 0.344 e. The van der Waals surface area contributed by atoms with Crippen molar-refractivity contribution < 1.29 is 14.6 Å². The highest BCUT2D eigenvalue weighted by atomic mass is 32.2. The van der Waals surface area contributed by atoms with Crippen LogP contribution in [0.3, 0.4) is 0 Å². The maximum Gasteiger partial charge on any atom is 0.344 e. The molecule has 1 aromatic heterocycles. The van der Waals surface area contributed by atoms with E-state index in [1.807, 2.05) is 0 Å². The van der Waals surface area contributed by atoms with Crippen LogP contribution in [-0.2, 0) is 16.1 Å². The lowest BCUT2D eigenvalue weighted by molar-refractivity contribution is -0.133. The maximum absolute atomic E-state index is 11.8. The lowest BCUT2D eigenvalue weighted by Crippen LogP contribution is -2.48. The Hall–Kier alpha value is -1.32. The second kappa shape index (κ2) is 6.20. The van der Waals surface area contributed by atoms with Gasteiger partial charge in [-0.3, -0.25) is 14.3 Å². The predicted octanol–water partition coefficient (Wildman–Crippen LogP) is -0.389. The average molecular weight is 314 g/mol. The van der Waals surface area contributed by atoms with Crippen molar-refractivity contribution in [3.63, 3.8) is 0 Å². The summed E-state index contributed by atoms with van der Waals surface area (Å²) in [5.74, 6) is -1.06. The molecule has 2 N–H and O–H groups in total. The van der Waals surface area contributed by atoms with Crippen LogP contribution in [0.15, 0.2) is 9.95 Å². The van der Waals surface area contributed by atoms with Gasteiger partial charge < -0.3 is 9.84 Å². The van der Waals surface area contributed by atoms with Gasteiger partial charge in [-0.25, -0.2) is 9.89 Å². The number of morpholine rings is 1. The molecule has 0 aromatic carbocycles. The van der Waals surface area contributed by atoms with Crippen molar-refractivity contribution in [2.24, 2.45) is 0 Å². The highest BCUT2D eigenvalue weighted by molar-refractivity contribution is 7.99. The first-order valence-electron chi connectivity index (χ1n) is 6.99. The number of thioether (sulfide) groups is 1. The first kappa shape index (κ1) is 14.6. The Kier molecular flexibility index (Phi) is 4.32. The number of nitrogens with zero attached hydrogens (tertiary/aromatic N) is 3. The zero-order valence-corrected chi connectivity index (χ0v) is 12.3. The molecule has 3 rings (SSSR count). The number of hydrogen-bond acceptors (Lipinski definition) is 6. The van der Waals surface area contributed by atoms with Crippen LogP contribution in [0.25, 0.3) is 0 Å². The molecule has 1 aromatic rings. The Labute approximate surface area is 125 Å². The number of carbonyl (C=O) groups is 1. The number of aromatic nitrogens is 3. The van der Waals surface area contributed by atoms with Crippen molar-refractivity contribution >= 4 is 17.7 Å². The molecule has 21 heavy (non-hydrogen) atoms. The molecule has 0 saturated carbocycles. The number of carboxylic acids is 1. The van der Waals surface area contributed by atoms with Crippen molar-refractivity contribution in [3.8, 4) is 0 Å². The van der Waals surface area contributed by atoms with E-state index >= 15 is 0 Å². The molecule has 8 nitrogen and oxygen atoms in total. The maximum atomic E-state index is 11.8. The summed E-state index contributed by atoms with van der Waals surface area (Å²) in [5, 5.41) is 15.4. The zero-order valence-electron chi connectivity index (χ0n) is 11.5. The lowest BCUT2D eigenvalue weighted by Gasteiger charge is -2.35. The lowest BCUT2D eigenvalue weighted by atomic mass is 10.2. The van der Waals surface area contributed by atoms with E-state index in [1.165, 1.54) is 17.4 Å². The number of H-pyrrole nitrogens is 1. The van der Waals surface area contributed by atoms with E-state index in [0.717, 1.165) is 24.9 Å². The van der Waals surface area contributed by atoms with Gasteiger partial charge >= 0.3 is 11.7 Å². The van der Waals surface area contributed by atoms with Crippen LogP contribution in [0.2, 0.25) is 0 Å². The van der Waals surface area contributed by atoms with Crippen LogP contribution < -0.4 is 5.69 Å². The van der Waals surface area contributed by atoms with Gasteiger partial charge in [0.15, 0.2) is 5.16 Å². The molecule has 0 bridgehead atoms. The highest BCUT2D eigenvalue weighted by Gasteiger charge is 2.32. The third-order valence-corrected chi connectivity index (χ3v) is 4.86. The van der Waals surface area contributed by atoms with Crippen molar-refractivity contribution in [2.45, 2.75) is 36.7 Å². The number of aromatic amines is 1. The quantitative estimate of drug-likeness (QED) is 0.714. The van der Waals surface area contributed by atoms with Crippen molar-refractivity contribution in [3.05, 3.63) is 10.5 Å². The van der Waals surface area contributed by atoms with Crippen LogP contribution in [0.5, 0.6) is 0 Å². The first-order valence-corrected chi connectivity index (χ1v) is 7.97. The Bertz CT molecular complexity index is 572. The monoisotopic (exact) mass is 314 g/mol. The molecule has 2 saturated heterocycles. The van der Waals surface area contributed by atoms with E-state index in [4.69, 9.17) is 9.84 Å². The fourth-order valence-corrected chi connectivity index (χ4v) is 3.58. The van der Waals surface area contributed by atoms with Gasteiger partial charge in [0.2, 0.25) is 0 Å². The third-order valence-electron chi connectivity index (χ3n) is 3.90. The molecular formula is C12H18N4O4S. The SMILES string of the molecule is O=C(O)CSc1n[nH]c(=O)n1CC1CN2CCCC2CO1. The van der Waals surface area contributed by atoms with E-state index in [2.05, 4.69) is 15.1 Å². The van der Waals surface area contributed by atoms with Crippen LogP contribution in [0, 0.1) is 0 Å². The largest absolute Gasteiger partial charge is 0.481 e. The average Bonchev–Trinajstić information content (AvgIpc) is 3.04. The topological polar surface area (TPSA) is 100 Å². The second-order valence-corrected chi connectivity index (χ2v) is 6.29. The van der Waals surface area contributed by atoms with Crippen molar-refractivity contribution in [1.82, 2.24) is 19.7 Å². The number of aliphatic carboxylic acids is 1. The molecule has 2 fully saturated rings. The molecule has 2 atom stereocenters. The van der Waals surface area contributed by atoms with Gasteiger partial charge in [-0.15, -0.1) is 5.10 Å². The van der Waals surface area contributed by atoms with Gasteiger partial charge in [-0.2, -0.15) is 0 Å². The molecule has 9 heteroatoms. The van der Waals surface area contributed by atoms with Gasteiger partial charge in [0.25, 0.3) is 0 Å². The first-order chi connectivity index (χ1) is 10.1. The van der Waals surface area contributed by atoms with E-state index in [-0.39, 0.29) is 17.5 Å². The number of nitrogens with one attached hydrogen (secondary N) is 1. The third kappa shape index (κ3) is 3.30. The number of hydrogen-bond donors (Lipinski definition) is 2. The minimum absolute atomic E-state index is 0.0566. The fourth-order valence-electron chi connectivity index (χ4n) is 2.90. The summed E-state index contributed by atoms with van der Waals surface area (Å²) in [6.45, 7) is 3.01. The summed E-state index contributed by atoms with van der Waals surface area (Å²) < 4.78 is 7.30. The standard InChI is InChI=1S/C12H18N4O4S/c17-10(18)7-21-12-14-13-11(19)16(12)5-9-4-15-3-1-2-8(15)6-20-9/h8-9H,1-7H2,(H,13,19)(H,17,18). The number of fused-ring (bicyclic) bond motifs is 1. The molecule has 3 heterocycles. The summed E-state index contributed by atoms with van der Waals surface area (Å²) in [6, 6.07) is 0.517. The summed E-state index contributed by atoms with van der Waals surface area (Å²) in [5.41, 5.74) is -0.324. The van der Waals surface area contributed by atoms with Gasteiger partial charge in [-0.05, 0) is 19.4 Å². The molecule has 0 radical (unpaired) electrons. The highest BCUT2D eigenvalue weighted by Crippen LogP contribution is 2.23. The summed E-state index contributed by atoms with van der Waals surface area (Å²) in [6.07, 6.45) is 2.32. The molecule has 116 valence electrons. The van der Waals surface area contributed by atoms with Crippen LogP contribution >= 0.6 is 11.8 Å². The summed E-state index contributed by atoms with van der Waals surface area (Å²) in [4.78, 5) is 24.8. The van der Waals surface area contributed by atoms with E-state index in [9.17, 15) is 9.59 Å². The Morgan fingerprint density at radius 1 is 1.57 bits per heavy atom. The van der Waals surface area contributed by atoms with Crippen LogP contribution in [-0.4, -0.2) is 68.3 Å². The van der Waals surface area contributed by atoms with Crippen molar-refractivity contribution in [1.29, 1.82) is 0 Å². The molecule has 2 aliphatic rings. The number of carboxylic acid groups (broad SMARTS) is 1. The number of rotatable bonds is 5. The molecule has 0 amide bonds. The Morgan fingerprint density at radius 2 is 2.43 bits per heavy atom. The minimum atomic E-state index is -0.934. The van der Waals surface area contributed by atoms with Crippen molar-refractivity contribution in [2.75, 3.05) is 25.4 Å². The van der Waals surface area contributed by atoms with E-state index in [1.54, 1.807) is 0 Å². The van der Waals surface area contributed by atoms with Gasteiger partial charge in [-0.1, -0.05) is 11.8 Å². The second-order valence-electron chi connectivity index (χ2n) is 5.35. The Morgan fingerprint density at radius 3 is 3.24 bits per heavy atom. The van der Waals surface area contributed by atoms with Gasteiger partial charge in [0.1, 0.15) is 0 Å². The predicted molar refractivity (Wildman–Crippen MR) is 75.5 cm³/mol. The zero-order chi connectivity index (χ0) is 14.8. The van der Waals surface area contributed by atoms with Gasteiger partial charge in [0.05, 0.1) is 25.0 Å². The van der Waals surface area contributed by atoms with E-state index in [0.29, 0.717) is 24.3 Å². The molecule has 0 aliphatic carbocycles.